The van der Waals surface area contributed by atoms with Crippen LogP contribution >= 0.6 is 27.7 Å². The van der Waals surface area contributed by atoms with Crippen LogP contribution in [0.1, 0.15) is 16.8 Å². The monoisotopic (exact) mass is 595 g/mol. The Kier molecular flexibility index (Phi) is 9.22. The molecule has 0 saturated heterocycles. The Morgan fingerprint density at radius 2 is 1.68 bits per heavy atom. The molecule has 1 heterocycles. The van der Waals surface area contributed by atoms with Gasteiger partial charge in [0.05, 0.1) is 7.11 Å². The molecule has 0 spiro atoms. The molecule has 4 rings (SSSR count). The number of hydrogen-bond donors (Lipinski definition) is 2. The average molecular weight is 597 g/mol. The Bertz CT molecular complexity index is 1360. The largest absolute Gasteiger partial charge is 0.497 e. The van der Waals surface area contributed by atoms with Crippen LogP contribution in [0.4, 0.5) is 11.4 Å². The van der Waals surface area contributed by atoms with Crippen molar-refractivity contribution in [2.75, 3.05) is 38.0 Å². The van der Waals surface area contributed by atoms with Gasteiger partial charge in [-0.2, -0.15) is 0 Å². The van der Waals surface area contributed by atoms with Gasteiger partial charge in [-0.3, -0.25) is 19.3 Å². The number of nitrogens with one attached hydrogen (secondary N) is 2. The van der Waals surface area contributed by atoms with Crippen LogP contribution in [0.25, 0.3) is 0 Å². The standard InChI is InChI=1S/C28H26BrN3O5S/c1-36-16-4-15-32-27(34)24(30-20-11-9-19(29)10-12-20)25(28(32)35)38-23-6-3-5-21(17-23)31-26(33)18-7-13-22(37-2)14-8-18/h3,5-14,17,30H,4,15-16H2,1-2H3,(H,31,33). The molecule has 1 aliphatic heterocycles. The molecule has 0 atom stereocenters. The molecule has 0 unspecified atom stereocenters. The summed E-state index contributed by atoms with van der Waals surface area (Å²) in [6.45, 7) is 0.685. The first kappa shape index (κ1) is 27.4. The molecular formula is C28H26BrN3O5S. The Balaban J connectivity index is 1.56. The molecule has 8 nitrogen and oxygen atoms in total. The van der Waals surface area contributed by atoms with Crippen LogP contribution in [0.2, 0.25) is 0 Å². The van der Waals surface area contributed by atoms with E-state index in [1.165, 1.54) is 16.7 Å². The second kappa shape index (κ2) is 12.8. The number of carbonyl (C=O) groups is 3. The molecule has 0 radical (unpaired) electrons. The van der Waals surface area contributed by atoms with E-state index in [0.717, 1.165) is 4.47 Å². The molecule has 0 fully saturated rings. The predicted molar refractivity (Wildman–Crippen MR) is 151 cm³/mol. The van der Waals surface area contributed by atoms with Crippen molar-refractivity contribution in [2.45, 2.75) is 11.3 Å². The van der Waals surface area contributed by atoms with Crippen molar-refractivity contribution in [3.8, 4) is 5.75 Å². The van der Waals surface area contributed by atoms with E-state index in [9.17, 15) is 14.4 Å². The fourth-order valence-corrected chi connectivity index (χ4v) is 4.98. The third-order valence-corrected chi connectivity index (χ3v) is 7.23. The minimum Gasteiger partial charge on any atom is -0.497 e. The summed E-state index contributed by atoms with van der Waals surface area (Å²) in [6, 6.07) is 21.3. The first-order chi connectivity index (χ1) is 18.4. The predicted octanol–water partition coefficient (Wildman–Crippen LogP) is 5.53. The van der Waals surface area contributed by atoms with Gasteiger partial charge in [-0.25, -0.2) is 0 Å². The van der Waals surface area contributed by atoms with Crippen LogP contribution in [0.3, 0.4) is 0 Å². The molecule has 0 aliphatic carbocycles. The van der Waals surface area contributed by atoms with Gasteiger partial charge in [0.15, 0.2) is 0 Å². The highest BCUT2D eigenvalue weighted by molar-refractivity contribution is 9.10. The van der Waals surface area contributed by atoms with Crippen LogP contribution < -0.4 is 15.4 Å². The zero-order valence-electron chi connectivity index (χ0n) is 20.8. The van der Waals surface area contributed by atoms with Gasteiger partial charge < -0.3 is 20.1 Å². The normalized spacial score (nSPS) is 13.2. The van der Waals surface area contributed by atoms with E-state index in [2.05, 4.69) is 26.6 Å². The number of hydrogen-bond acceptors (Lipinski definition) is 7. The summed E-state index contributed by atoms with van der Waals surface area (Å²) in [5.74, 6) is -0.375. The highest BCUT2D eigenvalue weighted by Crippen LogP contribution is 2.37. The van der Waals surface area contributed by atoms with E-state index < -0.39 is 0 Å². The van der Waals surface area contributed by atoms with Crippen LogP contribution in [0, 0.1) is 0 Å². The Labute approximate surface area is 233 Å². The van der Waals surface area contributed by atoms with Crippen molar-refractivity contribution >= 4 is 56.8 Å². The Hall–Kier alpha value is -3.60. The quantitative estimate of drug-likeness (QED) is 0.222. The molecule has 38 heavy (non-hydrogen) atoms. The molecule has 1 aliphatic rings. The molecule has 0 aromatic heterocycles. The number of halogens is 1. The maximum atomic E-state index is 13.3. The van der Waals surface area contributed by atoms with E-state index in [1.54, 1.807) is 56.7 Å². The van der Waals surface area contributed by atoms with E-state index in [-0.39, 0.29) is 34.9 Å². The number of ether oxygens (including phenoxy) is 2. The zero-order chi connectivity index (χ0) is 27.1. The summed E-state index contributed by atoms with van der Waals surface area (Å²) >= 11 is 4.58. The fraction of sp³-hybridized carbons (Fsp3) is 0.179. The third-order valence-electron chi connectivity index (χ3n) is 5.63. The molecule has 0 saturated carbocycles. The summed E-state index contributed by atoms with van der Waals surface area (Å²) in [7, 11) is 3.14. The SMILES string of the molecule is COCCCN1C(=O)C(Nc2ccc(Br)cc2)=C(Sc2cccc(NC(=O)c3ccc(OC)cc3)c2)C1=O. The first-order valence-electron chi connectivity index (χ1n) is 11.7. The van der Waals surface area contributed by atoms with Crippen molar-refractivity contribution in [1.82, 2.24) is 4.90 Å². The van der Waals surface area contributed by atoms with Crippen LogP contribution in [0.15, 0.2) is 92.8 Å². The highest BCUT2D eigenvalue weighted by atomic mass is 79.9. The Morgan fingerprint density at radius 1 is 0.947 bits per heavy atom. The number of imide groups is 1. The van der Waals surface area contributed by atoms with Crippen molar-refractivity contribution < 1.29 is 23.9 Å². The molecule has 3 aromatic rings. The number of nitrogens with zero attached hydrogens (tertiary/aromatic N) is 1. The smallest absolute Gasteiger partial charge is 0.278 e. The van der Waals surface area contributed by atoms with E-state index in [0.29, 0.717) is 40.6 Å². The molecule has 10 heteroatoms. The lowest BCUT2D eigenvalue weighted by atomic mass is 10.2. The van der Waals surface area contributed by atoms with Crippen molar-refractivity contribution in [2.24, 2.45) is 0 Å². The zero-order valence-corrected chi connectivity index (χ0v) is 23.2. The maximum absolute atomic E-state index is 13.3. The summed E-state index contributed by atoms with van der Waals surface area (Å²) in [5.41, 5.74) is 1.94. The van der Waals surface area contributed by atoms with Gasteiger partial charge in [0, 0.05) is 46.6 Å². The molecule has 3 amide bonds. The van der Waals surface area contributed by atoms with Crippen LogP contribution in [-0.2, 0) is 14.3 Å². The lowest BCUT2D eigenvalue weighted by Gasteiger charge is -2.14. The van der Waals surface area contributed by atoms with E-state index in [1.807, 2.05) is 30.3 Å². The van der Waals surface area contributed by atoms with Gasteiger partial charge in [0.2, 0.25) is 0 Å². The van der Waals surface area contributed by atoms with Gasteiger partial charge in [-0.05, 0) is 73.2 Å². The van der Waals surface area contributed by atoms with Crippen LogP contribution in [-0.4, -0.2) is 50.0 Å². The second-order valence-electron chi connectivity index (χ2n) is 8.26. The Morgan fingerprint density at radius 3 is 2.37 bits per heavy atom. The molecule has 0 bridgehead atoms. The second-order valence-corrected chi connectivity index (χ2v) is 10.3. The average Bonchev–Trinajstić information content (AvgIpc) is 3.14. The van der Waals surface area contributed by atoms with Crippen molar-refractivity contribution in [3.63, 3.8) is 0 Å². The molecule has 3 aromatic carbocycles. The van der Waals surface area contributed by atoms with Gasteiger partial charge >= 0.3 is 0 Å². The number of carbonyl (C=O) groups excluding carboxylic acids is 3. The van der Waals surface area contributed by atoms with Crippen molar-refractivity contribution in [1.29, 1.82) is 0 Å². The highest BCUT2D eigenvalue weighted by Gasteiger charge is 2.38. The van der Waals surface area contributed by atoms with E-state index in [4.69, 9.17) is 9.47 Å². The fourth-order valence-electron chi connectivity index (χ4n) is 3.71. The first-order valence-corrected chi connectivity index (χ1v) is 13.4. The molecule has 196 valence electrons. The number of anilines is 2. The number of rotatable bonds is 11. The minimum atomic E-state index is -0.388. The number of amides is 3. The van der Waals surface area contributed by atoms with Gasteiger partial charge in [0.1, 0.15) is 16.4 Å². The van der Waals surface area contributed by atoms with Crippen LogP contribution in [0.5, 0.6) is 5.75 Å². The van der Waals surface area contributed by atoms with E-state index >= 15 is 0 Å². The van der Waals surface area contributed by atoms with Gasteiger partial charge in [-0.15, -0.1) is 0 Å². The van der Waals surface area contributed by atoms with Gasteiger partial charge in [0.25, 0.3) is 17.7 Å². The van der Waals surface area contributed by atoms with Gasteiger partial charge in [-0.1, -0.05) is 33.8 Å². The molecule has 2 N–H and O–H groups in total. The lowest BCUT2D eigenvalue weighted by molar-refractivity contribution is -0.137. The third kappa shape index (κ3) is 6.63. The number of benzene rings is 3. The summed E-state index contributed by atoms with van der Waals surface area (Å²) in [4.78, 5) is 41.5. The number of methoxy groups -OCH3 is 2. The topological polar surface area (TPSA) is 97.0 Å². The number of thioether (sulfide) groups is 1. The summed E-state index contributed by atoms with van der Waals surface area (Å²) in [5, 5.41) is 6.01. The minimum absolute atomic E-state index is 0.215. The van der Waals surface area contributed by atoms with Crippen molar-refractivity contribution in [3.05, 3.63) is 93.4 Å². The molecular weight excluding hydrogens is 570 g/mol. The summed E-state index contributed by atoms with van der Waals surface area (Å²) < 4.78 is 11.1. The summed E-state index contributed by atoms with van der Waals surface area (Å²) in [6.07, 6.45) is 0.532. The lowest BCUT2D eigenvalue weighted by Crippen LogP contribution is -2.33. The maximum Gasteiger partial charge on any atom is 0.278 e.